The van der Waals surface area contributed by atoms with Gasteiger partial charge in [-0.1, -0.05) is 12.1 Å². The van der Waals surface area contributed by atoms with Crippen LogP contribution in [0.3, 0.4) is 0 Å². The Morgan fingerprint density at radius 3 is 2.44 bits per heavy atom. The van der Waals surface area contributed by atoms with Crippen LogP contribution in [0.2, 0.25) is 0 Å². The molecule has 0 unspecified atom stereocenters. The summed E-state index contributed by atoms with van der Waals surface area (Å²) in [5.41, 5.74) is 1.53. The van der Waals surface area contributed by atoms with Gasteiger partial charge in [0.05, 0.1) is 19.2 Å². The van der Waals surface area contributed by atoms with E-state index < -0.39 is 11.5 Å². The highest BCUT2D eigenvalue weighted by molar-refractivity contribution is 5.98. The zero-order valence-electron chi connectivity index (χ0n) is 17.0. The maximum atomic E-state index is 13.3. The van der Waals surface area contributed by atoms with Crippen molar-refractivity contribution in [3.8, 4) is 17.1 Å². The second kappa shape index (κ2) is 7.73. The lowest BCUT2D eigenvalue weighted by molar-refractivity contribution is 0.0971. The van der Waals surface area contributed by atoms with Gasteiger partial charge in [0.15, 0.2) is 17.3 Å². The fourth-order valence-electron chi connectivity index (χ4n) is 3.62. The Bertz CT molecular complexity index is 1520. The molecule has 0 aliphatic heterocycles. The molecule has 2 heterocycles. The molecule has 158 valence electrons. The zero-order valence-corrected chi connectivity index (χ0v) is 17.0. The van der Waals surface area contributed by atoms with Gasteiger partial charge in [-0.15, -0.1) is 5.10 Å². The molecule has 0 fully saturated rings. The van der Waals surface area contributed by atoms with Gasteiger partial charge < -0.3 is 4.74 Å². The van der Waals surface area contributed by atoms with Gasteiger partial charge in [-0.25, -0.2) is 14.2 Å². The number of para-hydroxylation sites is 1. The molecule has 0 spiro atoms. The molecule has 3 aromatic carbocycles. The molecule has 32 heavy (non-hydrogen) atoms. The highest BCUT2D eigenvalue weighted by atomic mass is 19.1. The predicted molar refractivity (Wildman–Crippen MR) is 117 cm³/mol. The summed E-state index contributed by atoms with van der Waals surface area (Å²) in [6, 6.07) is 19.7. The Kier molecular flexibility index (Phi) is 4.74. The van der Waals surface area contributed by atoms with Crippen LogP contribution in [-0.4, -0.2) is 32.1 Å². The van der Waals surface area contributed by atoms with E-state index in [1.54, 1.807) is 31.4 Å². The smallest absolute Gasteiger partial charge is 0.351 e. The van der Waals surface area contributed by atoms with Crippen LogP contribution in [0, 0.1) is 5.82 Å². The second-order valence-corrected chi connectivity index (χ2v) is 7.22. The van der Waals surface area contributed by atoms with Crippen LogP contribution >= 0.6 is 0 Å². The van der Waals surface area contributed by atoms with Gasteiger partial charge in [-0.3, -0.25) is 9.36 Å². The van der Waals surface area contributed by atoms with Crippen molar-refractivity contribution in [3.63, 3.8) is 0 Å². The quantitative estimate of drug-likeness (QED) is 0.399. The standard InChI is InChI=1S/C24H17FN4O3/c1-32-18-12-8-16(9-13-18)22-26-23-19-4-2-3-5-20(19)28(24(31)29(23)27-22)14-21(30)15-6-10-17(25)11-7-15/h2-13H,14H2,1H3. The molecule has 2 aromatic heterocycles. The van der Waals surface area contributed by atoms with Crippen molar-refractivity contribution in [2.45, 2.75) is 6.54 Å². The monoisotopic (exact) mass is 428 g/mol. The van der Waals surface area contributed by atoms with Gasteiger partial charge >= 0.3 is 5.69 Å². The molecule has 0 amide bonds. The Morgan fingerprint density at radius 2 is 1.72 bits per heavy atom. The summed E-state index contributed by atoms with van der Waals surface area (Å²) in [5.74, 6) is 0.341. The lowest BCUT2D eigenvalue weighted by Crippen LogP contribution is -2.30. The molecule has 0 saturated carbocycles. The number of hydrogen-bond donors (Lipinski definition) is 0. The molecule has 0 saturated heterocycles. The largest absolute Gasteiger partial charge is 0.497 e. The first-order valence-corrected chi connectivity index (χ1v) is 9.86. The van der Waals surface area contributed by atoms with Crippen LogP contribution in [0.25, 0.3) is 27.9 Å². The van der Waals surface area contributed by atoms with Gasteiger partial charge in [0, 0.05) is 16.5 Å². The summed E-state index contributed by atoms with van der Waals surface area (Å²) in [4.78, 5) is 30.7. The molecule has 8 heteroatoms. The van der Waals surface area contributed by atoms with Crippen molar-refractivity contribution < 1.29 is 13.9 Å². The minimum Gasteiger partial charge on any atom is -0.497 e. The van der Waals surface area contributed by atoms with Crippen LogP contribution in [0.4, 0.5) is 4.39 Å². The zero-order chi connectivity index (χ0) is 22.2. The SMILES string of the molecule is COc1ccc(-c2nc3c4ccccc4n(CC(=O)c4ccc(F)cc4)c(=O)n3n2)cc1. The Balaban J connectivity index is 1.66. The first kappa shape index (κ1) is 19.6. The number of benzene rings is 3. The number of ketones is 1. The van der Waals surface area contributed by atoms with Crippen molar-refractivity contribution in [2.75, 3.05) is 7.11 Å². The van der Waals surface area contributed by atoms with Crippen LogP contribution < -0.4 is 10.4 Å². The van der Waals surface area contributed by atoms with Gasteiger partial charge in [0.2, 0.25) is 0 Å². The average molecular weight is 428 g/mol. The molecular formula is C24H17FN4O3. The Hall–Kier alpha value is -4.33. The molecular weight excluding hydrogens is 411 g/mol. The fourth-order valence-corrected chi connectivity index (χ4v) is 3.62. The number of ether oxygens (including phenoxy) is 1. The van der Waals surface area contributed by atoms with Gasteiger partial charge in [0.1, 0.15) is 11.6 Å². The van der Waals surface area contributed by atoms with Crippen LogP contribution in [0.5, 0.6) is 5.75 Å². The molecule has 7 nitrogen and oxygen atoms in total. The Labute approximate surface area is 181 Å². The first-order valence-electron chi connectivity index (χ1n) is 9.86. The lowest BCUT2D eigenvalue weighted by Gasteiger charge is -2.10. The summed E-state index contributed by atoms with van der Waals surface area (Å²) in [5, 5.41) is 5.10. The number of nitrogens with zero attached hydrogens (tertiary/aromatic N) is 4. The summed E-state index contributed by atoms with van der Waals surface area (Å²) in [7, 11) is 1.58. The van der Waals surface area contributed by atoms with Crippen LogP contribution in [-0.2, 0) is 6.54 Å². The third-order valence-corrected chi connectivity index (χ3v) is 5.27. The van der Waals surface area contributed by atoms with E-state index in [1.807, 2.05) is 24.3 Å². The van der Waals surface area contributed by atoms with Gasteiger partial charge in [-0.2, -0.15) is 4.52 Å². The maximum Gasteiger partial charge on any atom is 0.351 e. The molecule has 0 radical (unpaired) electrons. The number of methoxy groups -OCH3 is 1. The molecule has 0 atom stereocenters. The lowest BCUT2D eigenvalue weighted by atomic mass is 10.1. The number of hydrogen-bond acceptors (Lipinski definition) is 5. The number of Topliss-reactive ketones (excluding diaryl/α,β-unsaturated/α-hetero) is 1. The van der Waals surface area contributed by atoms with E-state index in [2.05, 4.69) is 10.1 Å². The summed E-state index contributed by atoms with van der Waals surface area (Å²) in [6.45, 7) is -0.210. The fraction of sp³-hybridized carbons (Fsp3) is 0.0833. The summed E-state index contributed by atoms with van der Waals surface area (Å²) >= 11 is 0. The molecule has 5 rings (SSSR count). The van der Waals surface area contributed by atoms with E-state index in [0.717, 1.165) is 5.56 Å². The number of rotatable bonds is 5. The van der Waals surface area contributed by atoms with E-state index in [-0.39, 0.29) is 12.3 Å². The predicted octanol–water partition coefficient (Wildman–Crippen LogP) is 3.74. The van der Waals surface area contributed by atoms with Crippen molar-refractivity contribution in [1.29, 1.82) is 0 Å². The normalized spacial score (nSPS) is 11.2. The third kappa shape index (κ3) is 3.31. The number of aromatic nitrogens is 4. The number of carbonyl (C=O) groups is 1. The summed E-state index contributed by atoms with van der Waals surface area (Å²) in [6.07, 6.45) is 0. The van der Waals surface area contributed by atoms with Crippen LogP contribution in [0.15, 0.2) is 77.6 Å². The van der Waals surface area contributed by atoms with Crippen LogP contribution in [0.1, 0.15) is 10.4 Å². The molecule has 0 bridgehead atoms. The highest BCUT2D eigenvalue weighted by Gasteiger charge is 2.18. The highest BCUT2D eigenvalue weighted by Crippen LogP contribution is 2.23. The number of fused-ring (bicyclic) bond motifs is 3. The molecule has 5 aromatic rings. The van der Waals surface area contributed by atoms with Crippen molar-refractivity contribution >= 4 is 22.3 Å². The van der Waals surface area contributed by atoms with Gasteiger partial charge in [0.25, 0.3) is 0 Å². The average Bonchev–Trinajstić information content (AvgIpc) is 3.28. The molecule has 0 N–H and O–H groups in total. The third-order valence-electron chi connectivity index (χ3n) is 5.27. The van der Waals surface area contributed by atoms with E-state index in [0.29, 0.717) is 33.7 Å². The number of carbonyl (C=O) groups excluding carboxylic acids is 1. The minimum absolute atomic E-state index is 0.210. The van der Waals surface area contributed by atoms with Crippen molar-refractivity contribution in [1.82, 2.24) is 19.2 Å². The topological polar surface area (TPSA) is 78.5 Å². The second-order valence-electron chi connectivity index (χ2n) is 7.22. The van der Waals surface area contributed by atoms with Crippen molar-refractivity contribution in [2.24, 2.45) is 0 Å². The molecule has 0 aliphatic rings. The number of halogens is 1. The van der Waals surface area contributed by atoms with E-state index in [4.69, 9.17) is 4.74 Å². The van der Waals surface area contributed by atoms with E-state index in [9.17, 15) is 14.0 Å². The van der Waals surface area contributed by atoms with Gasteiger partial charge in [-0.05, 0) is 60.7 Å². The van der Waals surface area contributed by atoms with Crippen molar-refractivity contribution in [3.05, 3.63) is 94.7 Å². The maximum absolute atomic E-state index is 13.3. The molecule has 0 aliphatic carbocycles. The summed E-state index contributed by atoms with van der Waals surface area (Å²) < 4.78 is 21.0. The van der Waals surface area contributed by atoms with E-state index in [1.165, 1.54) is 33.3 Å². The Morgan fingerprint density at radius 1 is 1.00 bits per heavy atom. The van der Waals surface area contributed by atoms with E-state index >= 15 is 0 Å². The first-order chi connectivity index (χ1) is 15.5. The minimum atomic E-state index is -0.485.